The first-order valence-corrected chi connectivity index (χ1v) is 12.8. The molecule has 36 heavy (non-hydrogen) atoms. The second-order valence-electron chi connectivity index (χ2n) is 10.2. The Morgan fingerprint density at radius 2 is 1.89 bits per heavy atom. The quantitative estimate of drug-likeness (QED) is 0.569. The van der Waals surface area contributed by atoms with Gasteiger partial charge in [0.25, 0.3) is 0 Å². The number of rotatable bonds is 7. The van der Waals surface area contributed by atoms with E-state index < -0.39 is 5.97 Å². The zero-order chi connectivity index (χ0) is 25.1. The molecule has 0 bridgehead atoms. The van der Waals surface area contributed by atoms with Crippen molar-refractivity contribution in [3.05, 3.63) is 70.5 Å². The molecule has 3 aliphatic rings. The fraction of sp³-hybridized carbons (Fsp3) is 0.448. The molecule has 0 aliphatic carbocycles. The van der Waals surface area contributed by atoms with E-state index in [0.29, 0.717) is 19.8 Å². The molecule has 3 heterocycles. The number of hydrogen-bond donors (Lipinski definition) is 1. The van der Waals surface area contributed by atoms with Gasteiger partial charge in [-0.3, -0.25) is 4.79 Å². The van der Waals surface area contributed by atoms with E-state index >= 15 is 0 Å². The van der Waals surface area contributed by atoms with Crippen LogP contribution in [0.15, 0.2) is 59.0 Å². The van der Waals surface area contributed by atoms with Gasteiger partial charge in [0, 0.05) is 23.6 Å². The second kappa shape index (κ2) is 10.3. The molecule has 190 valence electrons. The van der Waals surface area contributed by atoms with Crippen LogP contribution in [0.5, 0.6) is 11.5 Å². The molecule has 0 aromatic heterocycles. The van der Waals surface area contributed by atoms with Gasteiger partial charge in [0.15, 0.2) is 0 Å². The van der Waals surface area contributed by atoms with Gasteiger partial charge in [-0.05, 0) is 75.4 Å². The molecule has 0 unspecified atom stereocenters. The summed E-state index contributed by atoms with van der Waals surface area (Å²) < 4.78 is 12.2. The van der Waals surface area contributed by atoms with Gasteiger partial charge in [0.05, 0.1) is 18.7 Å². The number of carboxylic acids is 1. The number of piperidine rings is 1. The Morgan fingerprint density at radius 3 is 2.64 bits per heavy atom. The lowest BCUT2D eigenvalue weighted by atomic mass is 9.74. The van der Waals surface area contributed by atoms with Crippen molar-refractivity contribution in [2.45, 2.75) is 58.0 Å². The molecular formula is C29H34N2O5. The number of carbonyl (C=O) groups is 1. The molecule has 1 fully saturated rings. The highest BCUT2D eigenvalue weighted by Gasteiger charge is 2.43. The molecule has 1 saturated heterocycles. The van der Waals surface area contributed by atoms with Gasteiger partial charge in [-0.2, -0.15) is 0 Å². The number of ether oxygens (including phenoxy) is 2. The fourth-order valence-electron chi connectivity index (χ4n) is 5.20. The molecule has 1 N–H and O–H groups in total. The lowest BCUT2D eigenvalue weighted by molar-refractivity contribution is -0.137. The summed E-state index contributed by atoms with van der Waals surface area (Å²) in [5.74, 6) is 1.86. The average molecular weight is 491 g/mol. The van der Waals surface area contributed by atoms with Gasteiger partial charge in [-0.25, -0.2) is 0 Å². The molecular weight excluding hydrogens is 456 g/mol. The Hall–Kier alpha value is -3.32. The van der Waals surface area contributed by atoms with E-state index in [9.17, 15) is 4.79 Å². The number of likely N-dealkylation sites (tertiary alicyclic amines) is 1. The van der Waals surface area contributed by atoms with Gasteiger partial charge >= 0.3 is 5.97 Å². The van der Waals surface area contributed by atoms with Crippen LogP contribution in [0, 0.1) is 0 Å². The maximum Gasteiger partial charge on any atom is 0.304 e. The molecule has 1 spiro atoms. The molecule has 7 heteroatoms. The van der Waals surface area contributed by atoms with Crippen LogP contribution in [0.4, 0.5) is 0 Å². The highest BCUT2D eigenvalue weighted by Crippen LogP contribution is 2.46. The van der Waals surface area contributed by atoms with E-state index in [1.54, 1.807) is 0 Å². The van der Waals surface area contributed by atoms with E-state index in [0.717, 1.165) is 72.9 Å². The van der Waals surface area contributed by atoms with Crippen LogP contribution in [-0.4, -0.2) is 47.9 Å². The zero-order valence-electron chi connectivity index (χ0n) is 21.1. The average Bonchev–Trinajstić information content (AvgIpc) is 3.14. The number of nitrogens with zero attached hydrogens (tertiary/aromatic N) is 2. The van der Waals surface area contributed by atoms with Crippen LogP contribution in [0.1, 0.15) is 62.6 Å². The standard InChI is InChI=1S/C29H34N2O5/c1-20-3-10-26(30-36-21(20)2)23-6-4-22(5-7-23)18-34-24-8-9-25-27(17-24)35-19-29(25)12-15-31(16-13-29)14-11-28(32)33/h4-9,17H,3,10-16,18-19H2,1-2H3,(H,32,33). The number of allylic oxidation sites excluding steroid dienone is 2. The van der Waals surface area contributed by atoms with Crippen LogP contribution in [0.25, 0.3) is 0 Å². The van der Waals surface area contributed by atoms with Crippen LogP contribution in [-0.2, 0) is 21.7 Å². The predicted octanol–water partition coefficient (Wildman–Crippen LogP) is 5.27. The van der Waals surface area contributed by atoms with Crippen molar-refractivity contribution in [2.24, 2.45) is 5.16 Å². The third kappa shape index (κ3) is 5.26. The van der Waals surface area contributed by atoms with Crippen molar-refractivity contribution >= 4 is 11.7 Å². The van der Waals surface area contributed by atoms with Crippen molar-refractivity contribution in [3.8, 4) is 11.5 Å². The SMILES string of the molecule is CC1=C(C)ON=C(c2ccc(COc3ccc4c(c3)OCC43CCN(CCC(=O)O)CC3)cc2)CC1. The summed E-state index contributed by atoms with van der Waals surface area (Å²) in [4.78, 5) is 18.6. The first kappa shape index (κ1) is 24.4. The summed E-state index contributed by atoms with van der Waals surface area (Å²) in [6, 6.07) is 14.5. The number of fused-ring (bicyclic) bond motifs is 2. The molecule has 0 atom stereocenters. The first-order chi connectivity index (χ1) is 17.4. The monoisotopic (exact) mass is 490 g/mol. The van der Waals surface area contributed by atoms with E-state index in [1.807, 2.05) is 19.1 Å². The smallest absolute Gasteiger partial charge is 0.304 e. The van der Waals surface area contributed by atoms with Crippen molar-refractivity contribution in [1.29, 1.82) is 0 Å². The second-order valence-corrected chi connectivity index (χ2v) is 10.2. The lowest BCUT2D eigenvalue weighted by Gasteiger charge is -2.38. The van der Waals surface area contributed by atoms with Gasteiger partial charge in [-0.1, -0.05) is 35.5 Å². The Bertz CT molecular complexity index is 1180. The molecule has 0 radical (unpaired) electrons. The van der Waals surface area contributed by atoms with Gasteiger partial charge < -0.3 is 24.3 Å². The normalized spacial score (nSPS) is 19.2. The maximum absolute atomic E-state index is 10.9. The number of hydrogen-bond acceptors (Lipinski definition) is 6. The van der Waals surface area contributed by atoms with Crippen LogP contribution >= 0.6 is 0 Å². The van der Waals surface area contributed by atoms with Crippen LogP contribution in [0.3, 0.4) is 0 Å². The van der Waals surface area contributed by atoms with E-state index in [-0.39, 0.29) is 11.8 Å². The summed E-state index contributed by atoms with van der Waals surface area (Å²) in [7, 11) is 0. The Kier molecular flexibility index (Phi) is 7.01. The number of aliphatic carboxylic acids is 1. The first-order valence-electron chi connectivity index (χ1n) is 12.8. The highest BCUT2D eigenvalue weighted by atomic mass is 16.6. The van der Waals surface area contributed by atoms with Gasteiger partial charge in [-0.15, -0.1) is 0 Å². The summed E-state index contributed by atoms with van der Waals surface area (Å²) in [5.41, 5.74) is 5.65. The van der Waals surface area contributed by atoms with Gasteiger partial charge in [0.2, 0.25) is 0 Å². The van der Waals surface area contributed by atoms with E-state index in [4.69, 9.17) is 19.4 Å². The van der Waals surface area contributed by atoms with Crippen molar-refractivity contribution in [3.63, 3.8) is 0 Å². The maximum atomic E-state index is 10.9. The predicted molar refractivity (Wildman–Crippen MR) is 138 cm³/mol. The molecule has 2 aromatic carbocycles. The molecule has 3 aliphatic heterocycles. The van der Waals surface area contributed by atoms with Crippen molar-refractivity contribution < 1.29 is 24.2 Å². The van der Waals surface area contributed by atoms with Crippen LogP contribution in [0.2, 0.25) is 0 Å². The van der Waals surface area contributed by atoms with E-state index in [2.05, 4.69) is 47.3 Å². The third-order valence-electron chi connectivity index (χ3n) is 7.81. The Labute approximate surface area is 212 Å². The minimum Gasteiger partial charge on any atom is -0.492 e. The topological polar surface area (TPSA) is 80.6 Å². The van der Waals surface area contributed by atoms with Gasteiger partial charge in [0.1, 0.15) is 23.9 Å². The number of carboxylic acid groups (broad SMARTS) is 1. The zero-order valence-corrected chi connectivity index (χ0v) is 21.1. The molecule has 5 rings (SSSR count). The highest BCUT2D eigenvalue weighted by molar-refractivity contribution is 6.00. The Morgan fingerprint density at radius 1 is 1.11 bits per heavy atom. The summed E-state index contributed by atoms with van der Waals surface area (Å²) >= 11 is 0. The minimum atomic E-state index is -0.736. The van der Waals surface area contributed by atoms with Crippen LogP contribution < -0.4 is 9.47 Å². The molecule has 0 saturated carbocycles. The third-order valence-corrected chi connectivity index (χ3v) is 7.81. The number of benzene rings is 2. The minimum absolute atomic E-state index is 0.0282. The molecule has 2 aromatic rings. The van der Waals surface area contributed by atoms with E-state index in [1.165, 1.54) is 11.1 Å². The van der Waals surface area contributed by atoms with Crippen molar-refractivity contribution in [2.75, 3.05) is 26.2 Å². The Balaban J connectivity index is 1.17. The largest absolute Gasteiger partial charge is 0.492 e. The fourth-order valence-corrected chi connectivity index (χ4v) is 5.20. The van der Waals surface area contributed by atoms with Crippen molar-refractivity contribution in [1.82, 2.24) is 4.90 Å². The lowest BCUT2D eigenvalue weighted by Crippen LogP contribution is -2.44. The summed E-state index contributed by atoms with van der Waals surface area (Å²) in [6.07, 6.45) is 4.00. The number of oxime groups is 1. The molecule has 0 amide bonds. The summed E-state index contributed by atoms with van der Waals surface area (Å²) in [6.45, 7) is 7.63. The summed E-state index contributed by atoms with van der Waals surface area (Å²) in [5, 5.41) is 13.3. The molecule has 7 nitrogen and oxygen atoms in total.